The third kappa shape index (κ3) is 3.06. The topological polar surface area (TPSA) is 112 Å². The van der Waals surface area contributed by atoms with Gasteiger partial charge in [-0.3, -0.25) is 0 Å². The number of methoxy groups -OCH3 is 2. The van der Waals surface area contributed by atoms with Crippen LogP contribution in [-0.4, -0.2) is 40.9 Å². The van der Waals surface area contributed by atoms with Crippen molar-refractivity contribution in [2.45, 2.75) is 38.6 Å². The van der Waals surface area contributed by atoms with E-state index in [9.17, 15) is 0 Å². The minimum absolute atomic E-state index is 0.0340. The Balaban J connectivity index is 1.74. The van der Waals surface area contributed by atoms with Gasteiger partial charge in [0.2, 0.25) is 11.8 Å². The molecule has 1 saturated heterocycles. The molecule has 1 aliphatic heterocycles. The van der Waals surface area contributed by atoms with Crippen molar-refractivity contribution in [1.29, 1.82) is 0 Å². The molecular weight excluding hydrogens is 360 g/mol. The predicted molar refractivity (Wildman–Crippen MR) is 105 cm³/mol. The van der Waals surface area contributed by atoms with Gasteiger partial charge >= 0.3 is 0 Å². The summed E-state index contributed by atoms with van der Waals surface area (Å²) < 4.78 is 16.1. The summed E-state index contributed by atoms with van der Waals surface area (Å²) in [7, 11) is 3.18. The van der Waals surface area contributed by atoms with Crippen LogP contribution in [0.3, 0.4) is 0 Å². The number of nitrogen functional groups attached to an aromatic ring is 1. The maximum absolute atomic E-state index is 6.24. The number of ether oxygens (including phenoxy) is 2. The Labute approximate surface area is 162 Å². The highest BCUT2D eigenvalue weighted by Gasteiger charge is 2.32. The molecule has 28 heavy (non-hydrogen) atoms. The first-order chi connectivity index (χ1) is 13.5. The van der Waals surface area contributed by atoms with E-state index in [1.54, 1.807) is 20.3 Å². The van der Waals surface area contributed by atoms with Crippen molar-refractivity contribution in [2.24, 2.45) is 0 Å². The molecule has 0 amide bonds. The molecule has 9 heteroatoms. The molecular formula is C19H24N6O3. The highest BCUT2D eigenvalue weighted by atomic mass is 16.5. The summed E-state index contributed by atoms with van der Waals surface area (Å²) in [6.45, 7) is 4.85. The van der Waals surface area contributed by atoms with Gasteiger partial charge in [0.1, 0.15) is 5.82 Å². The van der Waals surface area contributed by atoms with Gasteiger partial charge in [-0.1, -0.05) is 19.0 Å². The second kappa shape index (κ2) is 7.14. The first kappa shape index (κ1) is 18.3. The highest BCUT2D eigenvalue weighted by Crippen LogP contribution is 2.37. The third-order valence-corrected chi connectivity index (χ3v) is 4.98. The van der Waals surface area contributed by atoms with Crippen molar-refractivity contribution in [3.8, 4) is 11.5 Å². The standard InChI is InChI=1S/C19H24N6O3/c1-10(2)18-23-17(24-28-18)13-6-5-7-25(13)19-21-12-9-15(27-4)14(26-3)8-11(12)16(20)22-19/h8-10,13H,5-7H2,1-4H3,(H2,20,21,22). The molecule has 0 bridgehead atoms. The zero-order valence-electron chi connectivity index (χ0n) is 16.5. The lowest BCUT2D eigenvalue weighted by Gasteiger charge is -2.23. The monoisotopic (exact) mass is 384 g/mol. The fourth-order valence-corrected chi connectivity index (χ4v) is 3.49. The fourth-order valence-electron chi connectivity index (χ4n) is 3.49. The Morgan fingerprint density at radius 2 is 1.89 bits per heavy atom. The van der Waals surface area contributed by atoms with E-state index in [2.05, 4.69) is 20.0 Å². The lowest BCUT2D eigenvalue weighted by molar-refractivity contribution is 0.356. The average molecular weight is 384 g/mol. The lowest BCUT2D eigenvalue weighted by atomic mass is 10.2. The van der Waals surface area contributed by atoms with Gasteiger partial charge in [0.05, 0.1) is 25.8 Å². The molecule has 0 spiro atoms. The van der Waals surface area contributed by atoms with Crippen LogP contribution in [0, 0.1) is 0 Å². The van der Waals surface area contributed by atoms with Gasteiger partial charge in [0.15, 0.2) is 17.3 Å². The summed E-state index contributed by atoms with van der Waals surface area (Å²) >= 11 is 0. The van der Waals surface area contributed by atoms with Crippen molar-refractivity contribution < 1.29 is 14.0 Å². The van der Waals surface area contributed by atoms with Gasteiger partial charge in [-0.25, -0.2) is 4.98 Å². The smallest absolute Gasteiger partial charge is 0.229 e. The summed E-state index contributed by atoms with van der Waals surface area (Å²) in [6, 6.07) is 3.57. The van der Waals surface area contributed by atoms with Gasteiger partial charge in [-0.05, 0) is 18.9 Å². The quantitative estimate of drug-likeness (QED) is 0.709. The van der Waals surface area contributed by atoms with E-state index in [1.165, 1.54) is 0 Å². The average Bonchev–Trinajstić information content (AvgIpc) is 3.36. The van der Waals surface area contributed by atoms with Crippen molar-refractivity contribution in [2.75, 3.05) is 31.4 Å². The number of nitrogens with zero attached hydrogens (tertiary/aromatic N) is 5. The third-order valence-electron chi connectivity index (χ3n) is 4.98. The second-order valence-electron chi connectivity index (χ2n) is 7.13. The van der Waals surface area contributed by atoms with Crippen LogP contribution in [0.5, 0.6) is 11.5 Å². The first-order valence-corrected chi connectivity index (χ1v) is 9.31. The molecule has 4 rings (SSSR count). The molecule has 1 unspecified atom stereocenters. The molecule has 0 saturated carbocycles. The minimum atomic E-state index is -0.0340. The summed E-state index contributed by atoms with van der Waals surface area (Å²) in [6.07, 6.45) is 1.90. The van der Waals surface area contributed by atoms with Crippen molar-refractivity contribution >= 4 is 22.7 Å². The number of anilines is 2. The minimum Gasteiger partial charge on any atom is -0.493 e. The van der Waals surface area contributed by atoms with Crippen molar-refractivity contribution in [3.05, 3.63) is 23.8 Å². The molecule has 148 valence electrons. The number of nitrogens with two attached hydrogens (primary N) is 1. The van der Waals surface area contributed by atoms with Crippen LogP contribution in [0.15, 0.2) is 16.7 Å². The van der Waals surface area contributed by atoms with E-state index in [1.807, 2.05) is 19.9 Å². The van der Waals surface area contributed by atoms with E-state index < -0.39 is 0 Å². The normalized spacial score (nSPS) is 16.9. The Morgan fingerprint density at radius 1 is 1.14 bits per heavy atom. The first-order valence-electron chi connectivity index (χ1n) is 9.31. The summed E-state index contributed by atoms with van der Waals surface area (Å²) in [5, 5.41) is 4.90. The van der Waals surface area contributed by atoms with Crippen LogP contribution in [-0.2, 0) is 0 Å². The number of rotatable bonds is 5. The maximum Gasteiger partial charge on any atom is 0.229 e. The zero-order valence-corrected chi connectivity index (χ0v) is 16.5. The van der Waals surface area contributed by atoms with Gasteiger partial charge in [0, 0.05) is 23.9 Å². The zero-order chi connectivity index (χ0) is 19.8. The summed E-state index contributed by atoms with van der Waals surface area (Å²) in [5.74, 6) is 3.61. The maximum atomic E-state index is 6.24. The molecule has 1 atom stereocenters. The largest absolute Gasteiger partial charge is 0.493 e. The summed E-state index contributed by atoms with van der Waals surface area (Å²) in [5.41, 5.74) is 6.94. The van der Waals surface area contributed by atoms with Crippen molar-refractivity contribution in [1.82, 2.24) is 20.1 Å². The van der Waals surface area contributed by atoms with E-state index in [0.717, 1.165) is 24.8 Å². The molecule has 0 radical (unpaired) electrons. The van der Waals surface area contributed by atoms with Crippen LogP contribution in [0.2, 0.25) is 0 Å². The van der Waals surface area contributed by atoms with Crippen LogP contribution >= 0.6 is 0 Å². The van der Waals surface area contributed by atoms with E-state index in [4.69, 9.17) is 24.7 Å². The fraction of sp³-hybridized carbons (Fsp3) is 0.474. The number of benzene rings is 1. The molecule has 2 N–H and O–H groups in total. The van der Waals surface area contributed by atoms with Gasteiger partial charge in [-0.2, -0.15) is 9.97 Å². The number of fused-ring (bicyclic) bond motifs is 1. The Bertz CT molecular complexity index is 1000. The molecule has 1 aliphatic rings. The van der Waals surface area contributed by atoms with Crippen LogP contribution in [0.1, 0.15) is 50.4 Å². The van der Waals surface area contributed by atoms with Gasteiger partial charge in [-0.15, -0.1) is 0 Å². The number of hydrogen-bond acceptors (Lipinski definition) is 9. The molecule has 0 aliphatic carbocycles. The molecule has 1 aromatic carbocycles. The van der Waals surface area contributed by atoms with Gasteiger partial charge < -0.3 is 24.6 Å². The van der Waals surface area contributed by atoms with Crippen LogP contribution in [0.25, 0.3) is 10.9 Å². The van der Waals surface area contributed by atoms with Crippen LogP contribution in [0.4, 0.5) is 11.8 Å². The lowest BCUT2D eigenvalue weighted by Crippen LogP contribution is -2.26. The molecule has 3 heterocycles. The molecule has 1 fully saturated rings. The molecule has 3 aromatic rings. The van der Waals surface area contributed by atoms with Crippen LogP contribution < -0.4 is 20.1 Å². The SMILES string of the molecule is COc1cc2nc(N3CCCC3c3noc(C(C)C)n3)nc(N)c2cc1OC. The number of aromatic nitrogens is 4. The van der Waals surface area contributed by atoms with E-state index >= 15 is 0 Å². The van der Waals surface area contributed by atoms with E-state index in [0.29, 0.717) is 40.5 Å². The van der Waals surface area contributed by atoms with Gasteiger partial charge in [0.25, 0.3) is 0 Å². The van der Waals surface area contributed by atoms with Crippen molar-refractivity contribution in [3.63, 3.8) is 0 Å². The van der Waals surface area contributed by atoms with E-state index in [-0.39, 0.29) is 12.0 Å². The molecule has 2 aromatic heterocycles. The Hall–Kier alpha value is -3.10. The second-order valence-corrected chi connectivity index (χ2v) is 7.13. The summed E-state index contributed by atoms with van der Waals surface area (Å²) in [4.78, 5) is 15.9. The highest BCUT2D eigenvalue weighted by molar-refractivity contribution is 5.91. The molecule has 9 nitrogen and oxygen atoms in total. The predicted octanol–water partition coefficient (Wildman–Crippen LogP) is 3.08. The number of hydrogen-bond donors (Lipinski definition) is 1. The Kier molecular flexibility index (Phi) is 4.66. The Morgan fingerprint density at radius 3 is 2.57 bits per heavy atom.